The minimum atomic E-state index is -0.670. The van der Waals surface area contributed by atoms with Crippen LogP contribution in [0.4, 0.5) is 4.39 Å². The van der Waals surface area contributed by atoms with Gasteiger partial charge in [0.05, 0.1) is 24.3 Å². The normalized spacial score (nSPS) is 27.7. The fourth-order valence-corrected chi connectivity index (χ4v) is 5.17. The number of carbonyl (C=O) groups excluding carboxylic acids is 2. The molecule has 3 rings (SSSR count). The van der Waals surface area contributed by atoms with Crippen LogP contribution in [0.2, 0.25) is 0 Å². The average Bonchev–Trinajstić information content (AvgIpc) is 3.14. The largest absolute Gasteiger partial charge is 0.371 e. The van der Waals surface area contributed by atoms with Crippen molar-refractivity contribution < 1.29 is 18.7 Å². The van der Waals surface area contributed by atoms with Gasteiger partial charge in [-0.1, -0.05) is 39.8 Å². The van der Waals surface area contributed by atoms with Crippen molar-refractivity contribution in [1.82, 2.24) is 10.2 Å². The highest BCUT2D eigenvalue weighted by Crippen LogP contribution is 2.47. The first-order chi connectivity index (χ1) is 15.1. The minimum Gasteiger partial charge on any atom is -0.371 e. The molecular formula is C25H38FN3O3. The van der Waals surface area contributed by atoms with E-state index in [1.807, 2.05) is 18.7 Å². The first-order valence-electron chi connectivity index (χ1n) is 11.8. The van der Waals surface area contributed by atoms with E-state index < -0.39 is 12.1 Å². The van der Waals surface area contributed by atoms with Crippen LogP contribution in [0.15, 0.2) is 24.3 Å². The molecule has 0 bridgehead atoms. The van der Waals surface area contributed by atoms with E-state index in [0.717, 1.165) is 24.8 Å². The summed E-state index contributed by atoms with van der Waals surface area (Å²) in [7, 11) is 0. The van der Waals surface area contributed by atoms with Gasteiger partial charge in [0.15, 0.2) is 0 Å². The van der Waals surface area contributed by atoms with E-state index in [9.17, 15) is 14.0 Å². The molecule has 3 N–H and O–H groups in total. The second-order valence-electron chi connectivity index (χ2n) is 10.2. The summed E-state index contributed by atoms with van der Waals surface area (Å²) in [6.07, 6.45) is 2.49. The molecule has 1 spiro atoms. The van der Waals surface area contributed by atoms with Gasteiger partial charge in [0, 0.05) is 6.54 Å². The number of ether oxygens (including phenoxy) is 1. The Kier molecular flexibility index (Phi) is 7.61. The van der Waals surface area contributed by atoms with Crippen LogP contribution in [0.5, 0.6) is 0 Å². The zero-order valence-corrected chi connectivity index (χ0v) is 19.9. The molecule has 0 radical (unpaired) electrons. The minimum absolute atomic E-state index is 0.0554. The Bertz CT molecular complexity index is 811. The maximum Gasteiger partial charge on any atom is 0.245 e. The van der Waals surface area contributed by atoms with E-state index in [1.165, 1.54) is 12.1 Å². The first kappa shape index (κ1) is 24.6. The molecule has 2 aliphatic heterocycles. The fourth-order valence-electron chi connectivity index (χ4n) is 5.17. The summed E-state index contributed by atoms with van der Waals surface area (Å²) in [5.41, 5.74) is 6.32. The molecule has 32 heavy (non-hydrogen) atoms. The number of rotatable bonds is 6. The van der Waals surface area contributed by atoms with Crippen LogP contribution in [0, 0.1) is 23.6 Å². The molecule has 2 aliphatic rings. The Balaban J connectivity index is 1.84. The third-order valence-corrected chi connectivity index (χ3v) is 7.10. The number of hydrogen-bond donors (Lipinski definition) is 2. The average molecular weight is 448 g/mol. The zero-order chi connectivity index (χ0) is 23.6. The molecule has 0 unspecified atom stereocenters. The Labute approximate surface area is 191 Å². The Morgan fingerprint density at radius 3 is 2.41 bits per heavy atom. The van der Waals surface area contributed by atoms with Gasteiger partial charge < -0.3 is 20.7 Å². The van der Waals surface area contributed by atoms with Crippen molar-refractivity contribution in [2.24, 2.45) is 23.5 Å². The maximum atomic E-state index is 13.7. The molecule has 5 atom stereocenters. The Hall–Kier alpha value is -1.99. The lowest BCUT2D eigenvalue weighted by atomic mass is 9.73. The fraction of sp³-hybridized carbons (Fsp3) is 0.680. The van der Waals surface area contributed by atoms with Crippen LogP contribution >= 0.6 is 0 Å². The smallest absolute Gasteiger partial charge is 0.245 e. The first-order valence-corrected chi connectivity index (χ1v) is 11.8. The summed E-state index contributed by atoms with van der Waals surface area (Å²) in [5, 5.41) is 2.86. The third kappa shape index (κ3) is 4.99. The lowest BCUT2D eigenvalue weighted by Crippen LogP contribution is -2.61. The summed E-state index contributed by atoms with van der Waals surface area (Å²) >= 11 is 0. The zero-order valence-electron chi connectivity index (χ0n) is 19.9. The van der Waals surface area contributed by atoms with Gasteiger partial charge in [-0.3, -0.25) is 9.59 Å². The van der Waals surface area contributed by atoms with Crippen LogP contribution in [-0.2, 0) is 14.3 Å². The number of hydrogen-bond acceptors (Lipinski definition) is 4. The molecule has 0 aromatic heterocycles. The van der Waals surface area contributed by atoms with Gasteiger partial charge in [-0.15, -0.1) is 0 Å². The maximum absolute atomic E-state index is 13.7. The SMILES string of the molecule is CC(C)[C@H](NC(=O)[C@H](C)N)C(=O)N1CCC[C@]12CO[C@@H](c1ccc(F)cc1)[C@H](C(C)C)C2. The van der Waals surface area contributed by atoms with Crippen molar-refractivity contribution in [1.29, 1.82) is 0 Å². The summed E-state index contributed by atoms with van der Waals surface area (Å²) in [6, 6.07) is 5.25. The standard InChI is InChI=1S/C25H38FN3O3/c1-15(2)20-13-25(14-32-22(20)18-7-9-19(26)10-8-18)11-6-12-29(25)24(31)21(16(3)4)28-23(30)17(5)27/h7-10,15-17,20-22H,6,11-14,27H2,1-5H3,(H,28,30)/t17-,20-,21-,22-,25-/m0/s1. The molecule has 2 heterocycles. The lowest BCUT2D eigenvalue weighted by molar-refractivity contribution is -0.157. The van der Waals surface area contributed by atoms with Crippen LogP contribution in [0.25, 0.3) is 0 Å². The number of halogens is 1. The molecule has 178 valence electrons. The molecule has 0 aliphatic carbocycles. The van der Waals surface area contributed by atoms with Crippen molar-refractivity contribution in [2.75, 3.05) is 13.2 Å². The highest BCUT2D eigenvalue weighted by molar-refractivity contribution is 5.90. The van der Waals surface area contributed by atoms with Crippen LogP contribution in [0.1, 0.15) is 65.5 Å². The highest BCUT2D eigenvalue weighted by Gasteiger charge is 2.51. The Morgan fingerprint density at radius 2 is 1.84 bits per heavy atom. The van der Waals surface area contributed by atoms with Crippen LogP contribution in [-0.4, -0.2) is 47.5 Å². The second kappa shape index (κ2) is 9.87. The second-order valence-corrected chi connectivity index (χ2v) is 10.2. The molecule has 0 saturated carbocycles. The predicted octanol–water partition coefficient (Wildman–Crippen LogP) is 3.41. The van der Waals surface area contributed by atoms with Crippen molar-refractivity contribution in [3.8, 4) is 0 Å². The van der Waals surface area contributed by atoms with Crippen LogP contribution in [0.3, 0.4) is 0 Å². The van der Waals surface area contributed by atoms with E-state index in [0.29, 0.717) is 19.1 Å². The molecule has 6 nitrogen and oxygen atoms in total. The predicted molar refractivity (Wildman–Crippen MR) is 122 cm³/mol. The third-order valence-electron chi connectivity index (χ3n) is 7.10. The van der Waals surface area contributed by atoms with Gasteiger partial charge in [-0.25, -0.2) is 4.39 Å². The van der Waals surface area contributed by atoms with Gasteiger partial charge in [-0.2, -0.15) is 0 Å². The topological polar surface area (TPSA) is 84.7 Å². The summed E-state index contributed by atoms with van der Waals surface area (Å²) in [6.45, 7) is 10.9. The highest BCUT2D eigenvalue weighted by atomic mass is 19.1. The van der Waals surface area contributed by atoms with Crippen molar-refractivity contribution in [3.63, 3.8) is 0 Å². The number of nitrogens with one attached hydrogen (secondary N) is 1. The molecule has 2 amide bonds. The number of nitrogens with zero attached hydrogens (tertiary/aromatic N) is 1. The molecule has 7 heteroatoms. The van der Waals surface area contributed by atoms with E-state index in [1.54, 1.807) is 19.1 Å². The molecule has 2 saturated heterocycles. The summed E-state index contributed by atoms with van der Waals surface area (Å²) in [5.74, 6) is -0.167. The summed E-state index contributed by atoms with van der Waals surface area (Å²) < 4.78 is 19.9. The van der Waals surface area contributed by atoms with E-state index in [2.05, 4.69) is 19.2 Å². The number of benzene rings is 1. The van der Waals surface area contributed by atoms with Crippen molar-refractivity contribution in [3.05, 3.63) is 35.6 Å². The van der Waals surface area contributed by atoms with Gasteiger partial charge >= 0.3 is 0 Å². The molecule has 1 aromatic rings. The number of amides is 2. The van der Waals surface area contributed by atoms with E-state index in [-0.39, 0.29) is 41.1 Å². The number of carbonyl (C=O) groups is 2. The van der Waals surface area contributed by atoms with Crippen LogP contribution < -0.4 is 11.1 Å². The molecule has 2 fully saturated rings. The van der Waals surface area contributed by atoms with Gasteiger partial charge in [0.25, 0.3) is 0 Å². The van der Waals surface area contributed by atoms with Gasteiger partial charge in [0.1, 0.15) is 11.9 Å². The number of nitrogens with two attached hydrogens (primary N) is 1. The summed E-state index contributed by atoms with van der Waals surface area (Å²) in [4.78, 5) is 27.9. The lowest BCUT2D eigenvalue weighted by Gasteiger charge is -2.49. The van der Waals surface area contributed by atoms with E-state index >= 15 is 0 Å². The van der Waals surface area contributed by atoms with Crippen molar-refractivity contribution >= 4 is 11.8 Å². The van der Waals surface area contributed by atoms with E-state index in [4.69, 9.17) is 10.5 Å². The molecule has 1 aromatic carbocycles. The quantitative estimate of drug-likeness (QED) is 0.700. The van der Waals surface area contributed by atoms with Gasteiger partial charge in [0.2, 0.25) is 11.8 Å². The molecular weight excluding hydrogens is 409 g/mol. The monoisotopic (exact) mass is 447 g/mol. The van der Waals surface area contributed by atoms with Gasteiger partial charge in [-0.05, 0) is 61.6 Å². The van der Waals surface area contributed by atoms with Crippen molar-refractivity contribution in [2.45, 2.75) is 77.6 Å². The Morgan fingerprint density at radius 1 is 1.19 bits per heavy atom. The number of likely N-dealkylation sites (tertiary alicyclic amines) is 1.